The lowest BCUT2D eigenvalue weighted by atomic mass is 10.1. The van der Waals surface area contributed by atoms with Crippen LogP contribution < -0.4 is 10.6 Å². The molecule has 1 aromatic carbocycles. The van der Waals surface area contributed by atoms with Crippen LogP contribution in [-0.4, -0.2) is 23.6 Å². The highest BCUT2D eigenvalue weighted by Gasteiger charge is 2.03. The summed E-state index contributed by atoms with van der Waals surface area (Å²) in [7, 11) is 1.85. The molecule has 0 atom stereocenters. The Morgan fingerprint density at radius 1 is 1.30 bits per heavy atom. The molecule has 0 bridgehead atoms. The van der Waals surface area contributed by atoms with Crippen molar-refractivity contribution in [3.8, 4) is 0 Å². The molecule has 2 aromatic rings. The van der Waals surface area contributed by atoms with Crippen LogP contribution in [0.5, 0.6) is 0 Å². The number of hydrogen-bond acceptors (Lipinski definition) is 4. The molecular weight excluding hydrogens is 323 g/mol. The van der Waals surface area contributed by atoms with E-state index in [-0.39, 0.29) is 5.82 Å². The lowest BCUT2D eigenvalue weighted by molar-refractivity contribution is 0.610. The van der Waals surface area contributed by atoms with E-state index in [0.717, 1.165) is 16.1 Å². The maximum Gasteiger partial charge on any atom is 0.144 e. The van der Waals surface area contributed by atoms with Gasteiger partial charge in [0, 0.05) is 17.2 Å². The van der Waals surface area contributed by atoms with Crippen LogP contribution in [0.3, 0.4) is 0 Å². The highest BCUT2D eigenvalue weighted by molar-refractivity contribution is 9.10. The molecule has 0 saturated heterocycles. The molecular formula is C14H16BrFN4. The fraction of sp³-hybridized carbons (Fsp3) is 0.286. The Hall–Kier alpha value is -1.53. The van der Waals surface area contributed by atoms with Gasteiger partial charge in [0.1, 0.15) is 17.5 Å². The minimum atomic E-state index is -0.187. The Morgan fingerprint density at radius 2 is 2.15 bits per heavy atom. The molecule has 0 radical (unpaired) electrons. The van der Waals surface area contributed by atoms with Gasteiger partial charge in [-0.3, -0.25) is 0 Å². The highest BCUT2D eigenvalue weighted by Crippen LogP contribution is 2.16. The van der Waals surface area contributed by atoms with Gasteiger partial charge in [0.25, 0.3) is 0 Å². The molecule has 106 valence electrons. The zero-order valence-corrected chi connectivity index (χ0v) is 12.7. The Balaban J connectivity index is 1.92. The van der Waals surface area contributed by atoms with Gasteiger partial charge in [-0.2, -0.15) is 0 Å². The maximum atomic E-state index is 13.6. The van der Waals surface area contributed by atoms with Crippen molar-refractivity contribution in [1.82, 2.24) is 15.3 Å². The van der Waals surface area contributed by atoms with E-state index < -0.39 is 0 Å². The molecule has 20 heavy (non-hydrogen) atoms. The molecule has 1 aromatic heterocycles. The molecule has 2 rings (SSSR count). The minimum absolute atomic E-state index is 0.187. The molecule has 0 aliphatic rings. The lowest BCUT2D eigenvalue weighted by Gasteiger charge is -2.08. The van der Waals surface area contributed by atoms with Crippen LogP contribution in [0.15, 0.2) is 34.9 Å². The van der Waals surface area contributed by atoms with E-state index in [2.05, 4.69) is 36.5 Å². The van der Waals surface area contributed by atoms with Crippen molar-refractivity contribution >= 4 is 21.7 Å². The number of nitrogens with zero attached hydrogens (tertiary/aromatic N) is 2. The molecule has 0 unspecified atom stereocenters. The molecule has 1 heterocycles. The number of benzene rings is 1. The SMILES string of the molecule is CNCc1nccc(NCCc2cc(Br)ccc2F)n1. The van der Waals surface area contributed by atoms with Gasteiger partial charge in [-0.05, 0) is 43.3 Å². The van der Waals surface area contributed by atoms with Gasteiger partial charge in [-0.15, -0.1) is 0 Å². The highest BCUT2D eigenvalue weighted by atomic mass is 79.9. The predicted molar refractivity (Wildman–Crippen MR) is 81.1 cm³/mol. The average Bonchev–Trinajstić information content (AvgIpc) is 2.43. The number of hydrogen-bond donors (Lipinski definition) is 2. The van der Waals surface area contributed by atoms with Crippen molar-refractivity contribution in [3.63, 3.8) is 0 Å². The molecule has 6 heteroatoms. The molecule has 0 fully saturated rings. The summed E-state index contributed by atoms with van der Waals surface area (Å²) in [5, 5.41) is 6.18. The summed E-state index contributed by atoms with van der Waals surface area (Å²) >= 11 is 3.35. The zero-order chi connectivity index (χ0) is 14.4. The molecule has 0 aliphatic heterocycles. The Labute approximate surface area is 126 Å². The molecule has 2 N–H and O–H groups in total. The standard InChI is InChI=1S/C14H16BrFN4/c1-17-9-14-19-7-5-13(20-14)18-6-4-10-8-11(15)2-3-12(10)16/h2-3,5,7-8,17H,4,6,9H2,1H3,(H,18,19,20). The second-order valence-corrected chi connectivity index (χ2v) is 5.22. The number of anilines is 1. The topological polar surface area (TPSA) is 49.8 Å². The van der Waals surface area contributed by atoms with Gasteiger partial charge < -0.3 is 10.6 Å². The Kier molecular flexibility index (Phi) is 5.43. The number of halogens is 2. The van der Waals surface area contributed by atoms with Gasteiger partial charge in [0.15, 0.2) is 0 Å². The van der Waals surface area contributed by atoms with Crippen molar-refractivity contribution in [1.29, 1.82) is 0 Å². The Morgan fingerprint density at radius 3 is 2.95 bits per heavy atom. The van der Waals surface area contributed by atoms with Gasteiger partial charge in [-0.1, -0.05) is 15.9 Å². The summed E-state index contributed by atoms with van der Waals surface area (Å²) < 4.78 is 14.5. The monoisotopic (exact) mass is 338 g/mol. The number of rotatable bonds is 6. The summed E-state index contributed by atoms with van der Waals surface area (Å²) in [5.41, 5.74) is 0.677. The van der Waals surface area contributed by atoms with E-state index in [0.29, 0.717) is 25.1 Å². The molecule has 0 saturated carbocycles. The van der Waals surface area contributed by atoms with Crippen molar-refractivity contribution in [2.45, 2.75) is 13.0 Å². The fourth-order valence-corrected chi connectivity index (χ4v) is 2.21. The van der Waals surface area contributed by atoms with E-state index in [1.807, 2.05) is 7.05 Å². The van der Waals surface area contributed by atoms with Crippen molar-refractivity contribution in [2.24, 2.45) is 0 Å². The van der Waals surface area contributed by atoms with Gasteiger partial charge in [-0.25, -0.2) is 14.4 Å². The second-order valence-electron chi connectivity index (χ2n) is 4.30. The zero-order valence-electron chi connectivity index (χ0n) is 11.2. The van der Waals surface area contributed by atoms with Gasteiger partial charge >= 0.3 is 0 Å². The largest absolute Gasteiger partial charge is 0.370 e. The van der Waals surface area contributed by atoms with Crippen LogP contribution in [0.25, 0.3) is 0 Å². The van der Waals surface area contributed by atoms with E-state index in [9.17, 15) is 4.39 Å². The van der Waals surface area contributed by atoms with E-state index in [1.54, 1.807) is 24.4 Å². The van der Waals surface area contributed by atoms with Crippen LogP contribution in [-0.2, 0) is 13.0 Å². The van der Waals surface area contributed by atoms with Gasteiger partial charge in [0.05, 0.1) is 6.54 Å². The third kappa shape index (κ3) is 4.25. The van der Waals surface area contributed by atoms with Gasteiger partial charge in [0.2, 0.25) is 0 Å². The lowest BCUT2D eigenvalue weighted by Crippen LogP contribution is -2.12. The van der Waals surface area contributed by atoms with Crippen LogP contribution in [0.4, 0.5) is 10.2 Å². The first-order chi connectivity index (χ1) is 9.69. The van der Waals surface area contributed by atoms with Crippen molar-refractivity contribution < 1.29 is 4.39 Å². The summed E-state index contributed by atoms with van der Waals surface area (Å²) in [6.45, 7) is 1.24. The summed E-state index contributed by atoms with van der Waals surface area (Å²) in [5.74, 6) is 1.29. The van der Waals surface area contributed by atoms with Crippen molar-refractivity contribution in [3.05, 3.63) is 52.1 Å². The number of aromatic nitrogens is 2. The molecule has 4 nitrogen and oxygen atoms in total. The van der Waals surface area contributed by atoms with E-state index in [4.69, 9.17) is 0 Å². The van der Waals surface area contributed by atoms with E-state index >= 15 is 0 Å². The molecule has 0 aliphatic carbocycles. The normalized spacial score (nSPS) is 10.6. The average molecular weight is 339 g/mol. The first-order valence-electron chi connectivity index (χ1n) is 6.33. The predicted octanol–water partition coefficient (Wildman–Crippen LogP) is 2.75. The van der Waals surface area contributed by atoms with Crippen LogP contribution >= 0.6 is 15.9 Å². The summed E-state index contributed by atoms with van der Waals surface area (Å²) in [6.07, 6.45) is 2.30. The molecule has 0 amide bonds. The first-order valence-corrected chi connectivity index (χ1v) is 7.12. The Bertz CT molecular complexity index is 577. The van der Waals surface area contributed by atoms with Crippen molar-refractivity contribution in [2.75, 3.05) is 18.9 Å². The third-order valence-electron chi connectivity index (χ3n) is 2.75. The smallest absolute Gasteiger partial charge is 0.144 e. The number of nitrogens with one attached hydrogen (secondary N) is 2. The minimum Gasteiger partial charge on any atom is -0.370 e. The maximum absolute atomic E-state index is 13.6. The second kappa shape index (κ2) is 7.31. The summed E-state index contributed by atoms with van der Waals surface area (Å²) in [6, 6.07) is 6.76. The van der Waals surface area contributed by atoms with Crippen LogP contribution in [0.1, 0.15) is 11.4 Å². The summed E-state index contributed by atoms with van der Waals surface area (Å²) in [4.78, 5) is 8.49. The third-order valence-corrected chi connectivity index (χ3v) is 3.24. The van der Waals surface area contributed by atoms with Crippen LogP contribution in [0.2, 0.25) is 0 Å². The quantitative estimate of drug-likeness (QED) is 0.850. The van der Waals surface area contributed by atoms with E-state index in [1.165, 1.54) is 6.07 Å². The van der Waals surface area contributed by atoms with Crippen LogP contribution in [0, 0.1) is 5.82 Å². The fourth-order valence-electron chi connectivity index (χ4n) is 1.80. The first kappa shape index (κ1) is 14.9. The molecule has 0 spiro atoms.